The maximum Gasteiger partial charge on any atom is 0.209 e. The van der Waals surface area contributed by atoms with Gasteiger partial charge in [0.15, 0.2) is 17.0 Å². The molecule has 0 spiro atoms. The molecule has 34 heavy (non-hydrogen) atoms. The zero-order valence-electron chi connectivity index (χ0n) is 18.8. The number of rotatable bonds is 2. The van der Waals surface area contributed by atoms with Crippen molar-refractivity contribution in [2.45, 2.75) is 44.6 Å². The lowest BCUT2D eigenvalue weighted by molar-refractivity contribution is 0.0610. The first-order valence-electron chi connectivity index (χ1n) is 11.1. The lowest BCUT2D eigenvalue weighted by Crippen LogP contribution is -2.29. The fourth-order valence-electron chi connectivity index (χ4n) is 4.30. The molecule has 4 aromatic rings. The van der Waals surface area contributed by atoms with Crippen molar-refractivity contribution in [3.8, 4) is 28.9 Å². The predicted molar refractivity (Wildman–Crippen MR) is 133 cm³/mol. The summed E-state index contributed by atoms with van der Waals surface area (Å²) in [4.78, 5) is 13.7. The number of aromatic nitrogens is 4. The highest BCUT2D eigenvalue weighted by Gasteiger charge is 2.27. The number of nitrogens with zero attached hydrogens (tertiary/aromatic N) is 4. The molecule has 6 nitrogen and oxygen atoms in total. The molecule has 0 amide bonds. The zero-order chi connectivity index (χ0) is 23.0. The number of hydrogen-bond acceptors (Lipinski definition) is 5. The van der Waals surface area contributed by atoms with Gasteiger partial charge in [0.05, 0.1) is 0 Å². The number of fused-ring (bicyclic) bond motifs is 1. The molecule has 1 fully saturated rings. The van der Waals surface area contributed by atoms with E-state index in [9.17, 15) is 9.50 Å². The molecular formula is C26H25ClFN5O. The number of aryl methyl sites for hydroxylation is 1. The van der Waals surface area contributed by atoms with E-state index in [0.717, 1.165) is 30.5 Å². The van der Waals surface area contributed by atoms with Gasteiger partial charge in [-0.2, -0.15) is 0 Å². The number of aliphatic hydroxyl groups is 1. The van der Waals surface area contributed by atoms with Gasteiger partial charge in [-0.25, -0.2) is 19.3 Å². The largest absolute Gasteiger partial charge is 0.382 e. The van der Waals surface area contributed by atoms with E-state index >= 15 is 0 Å². The van der Waals surface area contributed by atoms with Gasteiger partial charge in [-0.3, -0.25) is 4.57 Å². The summed E-state index contributed by atoms with van der Waals surface area (Å²) in [6, 6.07) is 14.1. The van der Waals surface area contributed by atoms with Crippen molar-refractivity contribution < 1.29 is 9.50 Å². The van der Waals surface area contributed by atoms with Crippen LogP contribution < -0.4 is 5.73 Å². The van der Waals surface area contributed by atoms with Crippen LogP contribution in [-0.2, 0) is 0 Å². The van der Waals surface area contributed by atoms with E-state index in [1.54, 1.807) is 12.1 Å². The van der Waals surface area contributed by atoms with Gasteiger partial charge >= 0.3 is 0 Å². The first-order valence-corrected chi connectivity index (χ1v) is 11.1. The average Bonchev–Trinajstić information content (AvgIpc) is 3.19. The Morgan fingerprint density at radius 1 is 1.03 bits per heavy atom. The van der Waals surface area contributed by atoms with Gasteiger partial charge in [0.25, 0.3) is 0 Å². The first kappa shape index (κ1) is 23.7. The molecule has 0 saturated heterocycles. The Kier molecular flexibility index (Phi) is 6.56. The molecule has 174 valence electrons. The molecular weight excluding hydrogens is 453 g/mol. The minimum atomic E-state index is -1.02. The van der Waals surface area contributed by atoms with E-state index in [2.05, 4.69) is 26.8 Å². The number of nitrogens with two attached hydrogens (primary N) is 1. The molecule has 8 heteroatoms. The van der Waals surface area contributed by atoms with Crippen LogP contribution in [0.1, 0.15) is 43.5 Å². The van der Waals surface area contributed by atoms with Crippen LogP contribution in [0.2, 0.25) is 0 Å². The molecule has 0 aliphatic heterocycles. The van der Waals surface area contributed by atoms with Crippen molar-refractivity contribution in [3.63, 3.8) is 0 Å². The SMILES string of the molecule is Cc1cccc(-n2c(-c3cccc(F)c3)nc3c(N)nc(C#CC4(O)CCCCC4)nc32)c1.Cl. The number of benzene rings is 2. The predicted octanol–water partition coefficient (Wildman–Crippen LogP) is 4.98. The molecule has 2 heterocycles. The summed E-state index contributed by atoms with van der Waals surface area (Å²) in [5, 5.41) is 10.7. The van der Waals surface area contributed by atoms with Gasteiger partial charge in [0.2, 0.25) is 5.82 Å². The molecule has 0 atom stereocenters. The van der Waals surface area contributed by atoms with Gasteiger partial charge in [0.1, 0.15) is 17.2 Å². The summed E-state index contributed by atoms with van der Waals surface area (Å²) in [5.41, 5.74) is 8.61. The quantitative estimate of drug-likeness (QED) is 0.397. The van der Waals surface area contributed by atoms with E-state index in [1.807, 2.05) is 35.8 Å². The average molecular weight is 478 g/mol. The lowest BCUT2D eigenvalue weighted by Gasteiger charge is -2.26. The van der Waals surface area contributed by atoms with Crippen LogP contribution in [0, 0.1) is 24.6 Å². The Hall–Kier alpha value is -3.47. The van der Waals surface area contributed by atoms with Crippen LogP contribution in [-0.4, -0.2) is 30.2 Å². The third-order valence-corrected chi connectivity index (χ3v) is 5.96. The van der Waals surface area contributed by atoms with Crippen LogP contribution in [0.4, 0.5) is 10.2 Å². The normalized spacial score (nSPS) is 14.8. The second-order valence-corrected chi connectivity index (χ2v) is 8.57. The Morgan fingerprint density at radius 2 is 1.79 bits per heavy atom. The molecule has 1 aliphatic carbocycles. The summed E-state index contributed by atoms with van der Waals surface area (Å²) in [6.07, 6.45) is 4.29. The first-order chi connectivity index (χ1) is 15.9. The molecule has 0 unspecified atom stereocenters. The van der Waals surface area contributed by atoms with Crippen LogP contribution in [0.25, 0.3) is 28.2 Å². The smallest absolute Gasteiger partial charge is 0.209 e. The maximum atomic E-state index is 14.0. The Bertz CT molecular complexity index is 1420. The van der Waals surface area contributed by atoms with Gasteiger partial charge in [-0.1, -0.05) is 36.6 Å². The maximum absolute atomic E-state index is 14.0. The Morgan fingerprint density at radius 3 is 2.53 bits per heavy atom. The van der Waals surface area contributed by atoms with E-state index in [0.29, 0.717) is 35.4 Å². The number of anilines is 1. The molecule has 2 aromatic carbocycles. The van der Waals surface area contributed by atoms with Crippen molar-refractivity contribution in [2.24, 2.45) is 0 Å². The molecule has 1 aliphatic rings. The highest BCUT2D eigenvalue weighted by Crippen LogP contribution is 2.31. The van der Waals surface area contributed by atoms with E-state index < -0.39 is 5.60 Å². The van der Waals surface area contributed by atoms with Crippen molar-refractivity contribution in [1.82, 2.24) is 19.5 Å². The highest BCUT2D eigenvalue weighted by molar-refractivity contribution is 5.87. The summed E-state index contributed by atoms with van der Waals surface area (Å²) in [5.74, 6) is 6.45. The topological polar surface area (TPSA) is 89.9 Å². The number of imidazole rings is 1. The van der Waals surface area contributed by atoms with Crippen molar-refractivity contribution in [3.05, 3.63) is 65.7 Å². The summed E-state index contributed by atoms with van der Waals surface area (Å²) in [6.45, 7) is 2.00. The zero-order valence-corrected chi connectivity index (χ0v) is 19.6. The standard InChI is InChI=1S/C26H24FN5O.ClH/c1-17-7-5-10-20(15-17)32-24(18-8-6-9-19(27)16-18)31-22-23(28)29-21(30-25(22)32)11-14-26(33)12-3-2-4-13-26;/h5-10,15-16,33H,2-4,12-13H2,1H3,(H2,28,29,30);1H. The third-order valence-electron chi connectivity index (χ3n) is 5.96. The second-order valence-electron chi connectivity index (χ2n) is 8.57. The van der Waals surface area contributed by atoms with Crippen LogP contribution in [0.15, 0.2) is 48.5 Å². The minimum Gasteiger partial charge on any atom is -0.382 e. The van der Waals surface area contributed by atoms with E-state index in [1.165, 1.54) is 12.1 Å². The summed E-state index contributed by atoms with van der Waals surface area (Å²) < 4.78 is 15.9. The number of hydrogen-bond donors (Lipinski definition) is 2. The molecule has 5 rings (SSSR count). The highest BCUT2D eigenvalue weighted by atomic mass is 35.5. The van der Waals surface area contributed by atoms with Crippen molar-refractivity contribution in [1.29, 1.82) is 0 Å². The monoisotopic (exact) mass is 477 g/mol. The summed E-state index contributed by atoms with van der Waals surface area (Å²) in [7, 11) is 0. The van der Waals surface area contributed by atoms with Gasteiger partial charge < -0.3 is 10.8 Å². The molecule has 3 N–H and O–H groups in total. The molecule has 1 saturated carbocycles. The summed E-state index contributed by atoms with van der Waals surface area (Å²) >= 11 is 0. The fraction of sp³-hybridized carbons (Fsp3) is 0.269. The number of nitrogen functional groups attached to an aromatic ring is 1. The van der Waals surface area contributed by atoms with Crippen LogP contribution >= 0.6 is 12.4 Å². The lowest BCUT2D eigenvalue weighted by atomic mass is 9.85. The number of halogens is 2. The minimum absolute atomic E-state index is 0. The molecule has 2 aromatic heterocycles. The van der Waals surface area contributed by atoms with Crippen LogP contribution in [0.5, 0.6) is 0 Å². The van der Waals surface area contributed by atoms with Gasteiger partial charge in [0, 0.05) is 11.3 Å². The molecule has 0 radical (unpaired) electrons. The van der Waals surface area contributed by atoms with Gasteiger partial charge in [-0.15, -0.1) is 12.4 Å². The van der Waals surface area contributed by atoms with Crippen molar-refractivity contribution >= 4 is 29.4 Å². The van der Waals surface area contributed by atoms with E-state index in [-0.39, 0.29) is 29.9 Å². The molecule has 0 bridgehead atoms. The van der Waals surface area contributed by atoms with E-state index in [4.69, 9.17) is 5.73 Å². The Labute approximate surface area is 203 Å². The fourth-order valence-corrected chi connectivity index (χ4v) is 4.30. The van der Waals surface area contributed by atoms with Crippen LogP contribution in [0.3, 0.4) is 0 Å². The van der Waals surface area contributed by atoms with Crippen molar-refractivity contribution in [2.75, 3.05) is 5.73 Å². The third kappa shape index (κ3) is 4.60. The second kappa shape index (κ2) is 9.41. The Balaban J connectivity index is 0.00000274. The van der Waals surface area contributed by atoms with Gasteiger partial charge in [-0.05, 0) is 68.4 Å².